The molecule has 27 heavy (non-hydrogen) atoms. The summed E-state index contributed by atoms with van der Waals surface area (Å²) >= 11 is 0. The Hall–Kier alpha value is -1.99. The molecule has 1 amide bonds. The van der Waals surface area contributed by atoms with Crippen molar-refractivity contribution in [2.24, 2.45) is 0 Å². The Morgan fingerprint density at radius 2 is 2.00 bits per heavy atom. The maximum Gasteiger partial charge on any atom is 0.290 e. The molecule has 0 radical (unpaired) electrons. The van der Waals surface area contributed by atoms with Gasteiger partial charge in [0.25, 0.3) is 12.4 Å². The summed E-state index contributed by atoms with van der Waals surface area (Å²) in [7, 11) is 4.23. The van der Waals surface area contributed by atoms with Crippen molar-refractivity contribution in [2.75, 3.05) is 33.8 Å². The van der Waals surface area contributed by atoms with Crippen LogP contribution in [0.2, 0.25) is 0 Å². The highest BCUT2D eigenvalue weighted by Gasteiger charge is 2.42. The number of piperidine rings is 1. The van der Waals surface area contributed by atoms with Crippen LogP contribution in [0.5, 0.6) is 0 Å². The van der Waals surface area contributed by atoms with Gasteiger partial charge in [-0.05, 0) is 58.3 Å². The number of rotatable bonds is 2. The molecule has 3 rings (SSSR count). The third kappa shape index (κ3) is 5.05. The van der Waals surface area contributed by atoms with E-state index in [1.807, 2.05) is 0 Å². The Morgan fingerprint density at radius 3 is 2.56 bits per heavy atom. The van der Waals surface area contributed by atoms with Crippen LogP contribution in [0.3, 0.4) is 0 Å². The van der Waals surface area contributed by atoms with E-state index in [4.69, 9.17) is 14.6 Å². The Labute approximate surface area is 159 Å². The standard InChI is InChI=1S/C19H27FN2O2.CH2O2/c1-14-5-4-6-16(20)17(14)18(23)22-10-8-19(9-11-22)13-15(21(2)3)7-12-24-19;2-1-3/h4-6,15H,7-13H2,1-3H3;1H,(H,2,3). The van der Waals surface area contributed by atoms with E-state index in [0.717, 1.165) is 32.3 Å². The highest BCUT2D eigenvalue weighted by Crippen LogP contribution is 2.36. The number of carbonyl (C=O) groups is 2. The van der Waals surface area contributed by atoms with Gasteiger partial charge >= 0.3 is 0 Å². The lowest BCUT2D eigenvalue weighted by Crippen LogP contribution is -2.53. The SMILES string of the molecule is Cc1cccc(F)c1C(=O)N1CCC2(CC1)CC(N(C)C)CCO2.O=CO. The highest BCUT2D eigenvalue weighted by molar-refractivity contribution is 5.96. The van der Waals surface area contributed by atoms with Gasteiger partial charge in [0, 0.05) is 25.7 Å². The number of aryl methyl sites for hydroxylation is 1. The molecule has 0 saturated carbocycles. The maximum absolute atomic E-state index is 14.1. The van der Waals surface area contributed by atoms with Crippen molar-refractivity contribution in [2.45, 2.75) is 44.2 Å². The lowest BCUT2D eigenvalue weighted by atomic mass is 9.82. The van der Waals surface area contributed by atoms with Crippen LogP contribution in [-0.4, -0.2) is 72.7 Å². The van der Waals surface area contributed by atoms with Crippen molar-refractivity contribution in [3.8, 4) is 0 Å². The largest absolute Gasteiger partial charge is 0.483 e. The minimum absolute atomic E-state index is 0.117. The Morgan fingerprint density at radius 1 is 1.37 bits per heavy atom. The van der Waals surface area contributed by atoms with E-state index < -0.39 is 5.82 Å². The van der Waals surface area contributed by atoms with Crippen LogP contribution >= 0.6 is 0 Å². The predicted molar refractivity (Wildman–Crippen MR) is 100 cm³/mol. The monoisotopic (exact) mass is 380 g/mol. The number of halogens is 1. The summed E-state index contributed by atoms with van der Waals surface area (Å²) in [5, 5.41) is 6.89. The normalized spacial score (nSPS) is 21.5. The molecule has 2 aliphatic rings. The van der Waals surface area contributed by atoms with Crippen LogP contribution in [0, 0.1) is 12.7 Å². The van der Waals surface area contributed by atoms with E-state index >= 15 is 0 Å². The predicted octanol–water partition coefficient (Wildman–Crippen LogP) is 2.55. The smallest absolute Gasteiger partial charge is 0.290 e. The minimum Gasteiger partial charge on any atom is -0.483 e. The van der Waals surface area contributed by atoms with E-state index in [9.17, 15) is 9.18 Å². The zero-order valence-electron chi connectivity index (χ0n) is 16.3. The molecule has 1 N–H and O–H groups in total. The first-order valence-electron chi connectivity index (χ1n) is 9.26. The molecule has 0 aromatic heterocycles. The van der Waals surface area contributed by atoms with Gasteiger partial charge in [-0.25, -0.2) is 4.39 Å². The molecule has 7 heteroatoms. The number of hydrogen-bond donors (Lipinski definition) is 1. The van der Waals surface area contributed by atoms with Crippen LogP contribution < -0.4 is 0 Å². The number of amides is 1. The molecule has 2 aliphatic heterocycles. The van der Waals surface area contributed by atoms with Crippen LogP contribution in [0.25, 0.3) is 0 Å². The molecule has 1 unspecified atom stereocenters. The third-order valence-electron chi connectivity index (χ3n) is 5.59. The van der Waals surface area contributed by atoms with Crippen LogP contribution in [0.1, 0.15) is 41.6 Å². The maximum atomic E-state index is 14.1. The second kappa shape index (κ2) is 9.28. The molecule has 1 spiro atoms. The zero-order chi connectivity index (χ0) is 20.0. The number of hydrogen-bond acceptors (Lipinski definition) is 4. The van der Waals surface area contributed by atoms with Crippen molar-refractivity contribution in [1.29, 1.82) is 0 Å². The summed E-state index contributed by atoms with van der Waals surface area (Å²) in [6.07, 6.45) is 3.74. The summed E-state index contributed by atoms with van der Waals surface area (Å²) < 4.78 is 20.2. The molecule has 2 fully saturated rings. The zero-order valence-corrected chi connectivity index (χ0v) is 16.3. The number of benzene rings is 1. The molecule has 150 valence electrons. The van der Waals surface area contributed by atoms with Crippen LogP contribution in [0.4, 0.5) is 4.39 Å². The lowest BCUT2D eigenvalue weighted by molar-refractivity contribution is -0.125. The molecule has 0 bridgehead atoms. The third-order valence-corrected chi connectivity index (χ3v) is 5.59. The molecule has 0 aliphatic carbocycles. The summed E-state index contributed by atoms with van der Waals surface area (Å²) in [4.78, 5) is 25.1. The molecular formula is C20H29FN2O4. The molecule has 2 heterocycles. The van der Waals surface area contributed by atoms with Gasteiger partial charge in [0.05, 0.1) is 11.2 Å². The van der Waals surface area contributed by atoms with E-state index in [2.05, 4.69) is 19.0 Å². The number of carbonyl (C=O) groups excluding carboxylic acids is 1. The Kier molecular flexibility index (Phi) is 7.33. The number of likely N-dealkylation sites (tertiary alicyclic amines) is 1. The summed E-state index contributed by atoms with van der Waals surface area (Å²) in [5.74, 6) is -0.623. The number of carboxylic acid groups (broad SMARTS) is 1. The summed E-state index contributed by atoms with van der Waals surface area (Å²) in [6.45, 7) is 3.58. The van der Waals surface area contributed by atoms with Gasteiger partial charge in [0.1, 0.15) is 5.82 Å². The van der Waals surface area contributed by atoms with Gasteiger partial charge in [-0.3, -0.25) is 9.59 Å². The molecule has 1 aromatic rings. The second-order valence-electron chi connectivity index (χ2n) is 7.47. The average molecular weight is 380 g/mol. The Balaban J connectivity index is 0.000000817. The van der Waals surface area contributed by atoms with Gasteiger partial charge in [-0.15, -0.1) is 0 Å². The molecule has 2 saturated heterocycles. The lowest BCUT2D eigenvalue weighted by Gasteiger charge is -2.47. The fraction of sp³-hybridized carbons (Fsp3) is 0.600. The van der Waals surface area contributed by atoms with Crippen molar-refractivity contribution in [3.63, 3.8) is 0 Å². The average Bonchev–Trinajstić information content (AvgIpc) is 2.63. The van der Waals surface area contributed by atoms with E-state index in [-0.39, 0.29) is 23.5 Å². The molecule has 1 aromatic carbocycles. The van der Waals surface area contributed by atoms with Crippen LogP contribution in [-0.2, 0) is 9.53 Å². The number of ether oxygens (including phenoxy) is 1. The minimum atomic E-state index is -0.429. The van der Waals surface area contributed by atoms with Gasteiger partial charge in [-0.2, -0.15) is 0 Å². The quantitative estimate of drug-likeness (QED) is 0.799. The second-order valence-corrected chi connectivity index (χ2v) is 7.47. The first-order chi connectivity index (χ1) is 12.8. The van der Waals surface area contributed by atoms with Crippen LogP contribution in [0.15, 0.2) is 18.2 Å². The summed E-state index contributed by atoms with van der Waals surface area (Å²) in [5.41, 5.74) is 0.792. The molecule has 1 atom stereocenters. The Bertz CT molecular complexity index is 637. The fourth-order valence-electron chi connectivity index (χ4n) is 3.97. The fourth-order valence-corrected chi connectivity index (χ4v) is 3.97. The first kappa shape index (κ1) is 21.3. The highest BCUT2D eigenvalue weighted by atomic mass is 19.1. The topological polar surface area (TPSA) is 70.1 Å². The van der Waals surface area contributed by atoms with Crippen molar-refractivity contribution >= 4 is 12.4 Å². The van der Waals surface area contributed by atoms with Crippen molar-refractivity contribution in [1.82, 2.24) is 9.80 Å². The number of nitrogens with zero attached hydrogens (tertiary/aromatic N) is 2. The van der Waals surface area contributed by atoms with Crippen molar-refractivity contribution in [3.05, 3.63) is 35.1 Å². The van der Waals surface area contributed by atoms with E-state index in [1.165, 1.54) is 6.07 Å². The molecule has 6 nitrogen and oxygen atoms in total. The van der Waals surface area contributed by atoms with Crippen molar-refractivity contribution < 1.29 is 23.8 Å². The summed E-state index contributed by atoms with van der Waals surface area (Å²) in [6, 6.07) is 5.32. The van der Waals surface area contributed by atoms with Gasteiger partial charge in [0.15, 0.2) is 0 Å². The van der Waals surface area contributed by atoms with E-state index in [0.29, 0.717) is 24.7 Å². The first-order valence-corrected chi connectivity index (χ1v) is 9.26. The van der Waals surface area contributed by atoms with Gasteiger partial charge < -0.3 is 19.6 Å². The van der Waals surface area contributed by atoms with E-state index in [1.54, 1.807) is 24.0 Å². The molecular weight excluding hydrogens is 351 g/mol. The van der Waals surface area contributed by atoms with Gasteiger partial charge in [-0.1, -0.05) is 12.1 Å². The van der Waals surface area contributed by atoms with Gasteiger partial charge in [0.2, 0.25) is 0 Å².